The van der Waals surface area contributed by atoms with Gasteiger partial charge in [-0.25, -0.2) is 9.59 Å². The summed E-state index contributed by atoms with van der Waals surface area (Å²) in [5.74, 6) is 0.112. The summed E-state index contributed by atoms with van der Waals surface area (Å²) in [6.45, 7) is 11.2. The van der Waals surface area contributed by atoms with E-state index in [4.69, 9.17) is 9.26 Å². The van der Waals surface area contributed by atoms with E-state index in [1.54, 1.807) is 50.9 Å². The summed E-state index contributed by atoms with van der Waals surface area (Å²) >= 11 is 0. The van der Waals surface area contributed by atoms with E-state index in [1.807, 2.05) is 20.8 Å². The van der Waals surface area contributed by atoms with Crippen LogP contribution in [0.25, 0.3) is 0 Å². The number of carbonyl (C=O) groups excluding carboxylic acids is 3. The third-order valence-electron chi connectivity index (χ3n) is 6.42. The van der Waals surface area contributed by atoms with Crippen LogP contribution in [0.2, 0.25) is 0 Å². The average molecular weight is 531 g/mol. The summed E-state index contributed by atoms with van der Waals surface area (Å²) in [5, 5.41) is 22.0. The number of urea groups is 2. The number of benzene rings is 1. The third-order valence-corrected chi connectivity index (χ3v) is 6.42. The second-order valence-electron chi connectivity index (χ2n) is 10.1. The molecule has 5 amide bonds. The Kier molecular flexibility index (Phi) is 9.21. The number of rotatable bonds is 7. The van der Waals surface area contributed by atoms with Crippen molar-refractivity contribution in [1.82, 2.24) is 20.3 Å². The predicted octanol–water partition coefficient (Wildman–Crippen LogP) is 3.21. The van der Waals surface area contributed by atoms with Gasteiger partial charge in [0.05, 0.1) is 30.4 Å². The minimum absolute atomic E-state index is 0.0353. The number of aliphatic hydroxyl groups is 1. The van der Waals surface area contributed by atoms with E-state index in [0.29, 0.717) is 23.7 Å². The van der Waals surface area contributed by atoms with Crippen molar-refractivity contribution in [2.45, 2.75) is 59.7 Å². The van der Waals surface area contributed by atoms with Gasteiger partial charge >= 0.3 is 12.1 Å². The summed E-state index contributed by atoms with van der Waals surface area (Å²) in [5.41, 5.74) is 1.50. The van der Waals surface area contributed by atoms with E-state index < -0.39 is 18.2 Å². The van der Waals surface area contributed by atoms with Crippen LogP contribution in [0.15, 0.2) is 22.7 Å². The van der Waals surface area contributed by atoms with Gasteiger partial charge in [0.15, 0.2) is 11.5 Å². The van der Waals surface area contributed by atoms with Gasteiger partial charge in [-0.2, -0.15) is 0 Å². The second-order valence-corrected chi connectivity index (χ2v) is 10.1. The van der Waals surface area contributed by atoms with Crippen LogP contribution in [0.5, 0.6) is 5.75 Å². The number of anilines is 2. The summed E-state index contributed by atoms with van der Waals surface area (Å²) in [6, 6.07) is 3.61. The Bertz CT molecular complexity index is 1150. The first-order valence-corrected chi connectivity index (χ1v) is 12.7. The van der Waals surface area contributed by atoms with Gasteiger partial charge < -0.3 is 40.1 Å². The molecule has 12 nitrogen and oxygen atoms in total. The van der Waals surface area contributed by atoms with Crippen molar-refractivity contribution < 1.29 is 28.8 Å². The lowest BCUT2D eigenvalue weighted by Gasteiger charge is -2.38. The molecule has 1 aromatic carbocycles. The Balaban J connectivity index is 1.97. The zero-order chi connectivity index (χ0) is 28.1. The van der Waals surface area contributed by atoms with Crippen LogP contribution in [0.4, 0.5) is 21.0 Å². The molecular formula is C26H38N6O6. The van der Waals surface area contributed by atoms with E-state index in [-0.39, 0.29) is 54.1 Å². The third kappa shape index (κ3) is 6.55. The fraction of sp³-hybridized carbons (Fsp3) is 0.538. The Morgan fingerprint density at radius 1 is 1.24 bits per heavy atom. The van der Waals surface area contributed by atoms with E-state index in [1.165, 1.54) is 4.90 Å². The number of nitrogens with zero attached hydrogens (tertiary/aromatic N) is 3. The number of aromatic nitrogens is 1. The van der Waals surface area contributed by atoms with E-state index in [9.17, 15) is 19.5 Å². The maximum atomic E-state index is 13.6. The number of fused-ring (bicyclic) bond motifs is 1. The number of nitrogens with one attached hydrogen (secondary N) is 3. The van der Waals surface area contributed by atoms with Gasteiger partial charge in [0.1, 0.15) is 17.5 Å². The highest BCUT2D eigenvalue weighted by molar-refractivity contribution is 6.04. The van der Waals surface area contributed by atoms with Gasteiger partial charge in [0.25, 0.3) is 5.91 Å². The average Bonchev–Trinajstić information content (AvgIpc) is 3.17. The molecule has 0 aliphatic carbocycles. The van der Waals surface area contributed by atoms with Crippen molar-refractivity contribution in [3.63, 3.8) is 0 Å². The fourth-order valence-electron chi connectivity index (χ4n) is 4.20. The van der Waals surface area contributed by atoms with Gasteiger partial charge in [-0.1, -0.05) is 18.1 Å². The topological polar surface area (TPSA) is 149 Å². The summed E-state index contributed by atoms with van der Waals surface area (Å²) < 4.78 is 11.5. The van der Waals surface area contributed by atoms with Crippen LogP contribution in [-0.2, 0) is 0 Å². The lowest BCUT2D eigenvalue weighted by Crippen LogP contribution is -2.51. The Morgan fingerprint density at radius 2 is 1.95 bits per heavy atom. The van der Waals surface area contributed by atoms with Crippen LogP contribution in [0.1, 0.15) is 49.5 Å². The van der Waals surface area contributed by atoms with E-state index in [2.05, 4.69) is 21.1 Å². The minimum Gasteiger partial charge on any atom is -0.485 e. The lowest BCUT2D eigenvalue weighted by molar-refractivity contribution is 0.0368. The van der Waals surface area contributed by atoms with Crippen molar-refractivity contribution in [3.8, 4) is 5.75 Å². The molecule has 12 heteroatoms. The molecule has 2 heterocycles. The molecule has 0 radical (unpaired) electrons. The molecule has 4 N–H and O–H groups in total. The first-order valence-electron chi connectivity index (χ1n) is 12.7. The first-order chi connectivity index (χ1) is 17.9. The molecule has 3 atom stereocenters. The predicted molar refractivity (Wildman–Crippen MR) is 143 cm³/mol. The maximum absolute atomic E-state index is 13.6. The summed E-state index contributed by atoms with van der Waals surface area (Å²) in [6.07, 6.45) is -0.522. The van der Waals surface area contributed by atoms with Crippen LogP contribution in [0, 0.1) is 19.8 Å². The second kappa shape index (κ2) is 12.2. The van der Waals surface area contributed by atoms with Crippen molar-refractivity contribution in [1.29, 1.82) is 0 Å². The van der Waals surface area contributed by atoms with Crippen molar-refractivity contribution >= 4 is 29.3 Å². The van der Waals surface area contributed by atoms with Crippen molar-refractivity contribution in [2.24, 2.45) is 5.92 Å². The summed E-state index contributed by atoms with van der Waals surface area (Å²) in [7, 11) is 1.67. The normalized spacial score (nSPS) is 18.1. The highest BCUT2D eigenvalue weighted by atomic mass is 16.5. The molecule has 3 rings (SSSR count). The molecule has 0 saturated heterocycles. The van der Waals surface area contributed by atoms with Gasteiger partial charge in [-0.3, -0.25) is 4.79 Å². The number of hydrogen-bond donors (Lipinski definition) is 4. The number of carbonyl (C=O) groups is 3. The molecule has 208 valence electrons. The molecule has 0 bridgehead atoms. The number of hydrogen-bond acceptors (Lipinski definition) is 7. The highest BCUT2D eigenvalue weighted by Gasteiger charge is 2.35. The Hall–Kier alpha value is -3.80. The number of aliphatic hydroxyl groups excluding tert-OH is 1. The largest absolute Gasteiger partial charge is 0.485 e. The molecule has 1 aliphatic heterocycles. The Labute approximate surface area is 222 Å². The standard InChI is InChI=1S/C26H38N6O6/c1-14(2)27-26(36)31(7)12-21-15(3)11-32(16(4)13-33)24(34)19-9-8-10-20(23(19)37-21)28-25(35)29-22-17(5)30-38-18(22)6/h8-10,14-16,21,33H,11-13H2,1-7H3,(H,27,36)(H2,28,29,35)/t15-,16-,21+/m1/s1. The van der Waals surface area contributed by atoms with Crippen molar-refractivity contribution in [3.05, 3.63) is 35.2 Å². The zero-order valence-electron chi connectivity index (χ0n) is 23.0. The molecule has 1 aliphatic rings. The number of amides is 5. The van der Waals surface area contributed by atoms with Gasteiger partial charge in [0.2, 0.25) is 0 Å². The lowest BCUT2D eigenvalue weighted by atomic mass is 9.99. The van der Waals surface area contributed by atoms with Gasteiger partial charge in [0, 0.05) is 25.6 Å². The van der Waals surface area contributed by atoms with Crippen LogP contribution in [0.3, 0.4) is 0 Å². The molecule has 38 heavy (non-hydrogen) atoms. The van der Waals surface area contributed by atoms with Crippen LogP contribution >= 0.6 is 0 Å². The number of ether oxygens (including phenoxy) is 1. The van der Waals surface area contributed by atoms with E-state index in [0.717, 1.165) is 0 Å². The number of para-hydroxylation sites is 1. The van der Waals surface area contributed by atoms with Crippen molar-refractivity contribution in [2.75, 3.05) is 37.4 Å². The zero-order valence-corrected chi connectivity index (χ0v) is 23.0. The van der Waals surface area contributed by atoms with Crippen LogP contribution < -0.4 is 20.7 Å². The molecule has 0 spiro atoms. The number of likely N-dealkylation sites (N-methyl/N-ethyl adjacent to an activating group) is 1. The summed E-state index contributed by atoms with van der Waals surface area (Å²) in [4.78, 5) is 42.2. The molecule has 2 aromatic rings. The first kappa shape index (κ1) is 28.8. The van der Waals surface area contributed by atoms with Gasteiger partial charge in [-0.05, 0) is 46.8 Å². The molecule has 1 aromatic heterocycles. The monoisotopic (exact) mass is 530 g/mol. The van der Waals surface area contributed by atoms with Crippen LogP contribution in [-0.4, -0.2) is 83.0 Å². The quantitative estimate of drug-likeness (QED) is 0.429. The molecule has 0 fully saturated rings. The Morgan fingerprint density at radius 3 is 2.55 bits per heavy atom. The minimum atomic E-state index is -0.565. The SMILES string of the molecule is Cc1noc(C)c1NC(=O)Nc1cccc2c1O[C@@H](CN(C)C(=O)NC(C)C)[C@H](C)CN([C@H](C)CO)C2=O. The molecular weight excluding hydrogens is 492 g/mol. The number of aryl methyl sites for hydroxylation is 2. The highest BCUT2D eigenvalue weighted by Crippen LogP contribution is 2.35. The molecule has 0 saturated carbocycles. The smallest absolute Gasteiger partial charge is 0.323 e. The fourth-order valence-corrected chi connectivity index (χ4v) is 4.20. The van der Waals surface area contributed by atoms with E-state index >= 15 is 0 Å². The van der Waals surface area contributed by atoms with Gasteiger partial charge in [-0.15, -0.1) is 0 Å². The maximum Gasteiger partial charge on any atom is 0.323 e. The molecule has 0 unspecified atom stereocenters.